The molecule has 0 spiro atoms. The van der Waals surface area contributed by atoms with Gasteiger partial charge in [-0.05, 0) is 48.2 Å². The van der Waals surface area contributed by atoms with Gasteiger partial charge in [0.25, 0.3) is 0 Å². The Morgan fingerprint density at radius 1 is 1.29 bits per heavy atom. The first kappa shape index (κ1) is 15.4. The lowest BCUT2D eigenvalue weighted by atomic mass is 10.2. The summed E-state index contributed by atoms with van der Waals surface area (Å²) in [5.41, 5.74) is 0.0626. The molecule has 120 valence electrons. The molecule has 4 rings (SSSR count). The van der Waals surface area contributed by atoms with Gasteiger partial charge < -0.3 is 4.57 Å². The van der Waals surface area contributed by atoms with Crippen molar-refractivity contribution in [2.75, 3.05) is 0 Å². The summed E-state index contributed by atoms with van der Waals surface area (Å²) < 4.78 is 16.0. The maximum Gasteiger partial charge on any atom is 0.196 e. The summed E-state index contributed by atoms with van der Waals surface area (Å²) in [5, 5.41) is 20.6. The Hall–Kier alpha value is -2.17. The van der Waals surface area contributed by atoms with Crippen LogP contribution in [0.1, 0.15) is 35.1 Å². The van der Waals surface area contributed by atoms with Gasteiger partial charge in [0.2, 0.25) is 0 Å². The quantitative estimate of drug-likeness (QED) is 0.679. The van der Waals surface area contributed by atoms with Crippen molar-refractivity contribution in [3.8, 4) is 6.07 Å². The van der Waals surface area contributed by atoms with Gasteiger partial charge in [0.1, 0.15) is 23.3 Å². The SMILES string of the molecule is N#Cc1c(F)cccc1Sc1nnc(Cc2cccs2)n1C1CC1. The van der Waals surface area contributed by atoms with E-state index >= 15 is 0 Å². The monoisotopic (exact) mass is 356 g/mol. The second-order valence-corrected chi connectivity index (χ2v) is 7.62. The summed E-state index contributed by atoms with van der Waals surface area (Å²) in [6.45, 7) is 0. The van der Waals surface area contributed by atoms with E-state index in [9.17, 15) is 9.65 Å². The zero-order valence-corrected chi connectivity index (χ0v) is 14.3. The van der Waals surface area contributed by atoms with E-state index in [0.717, 1.165) is 30.2 Å². The number of thiophene rings is 1. The largest absolute Gasteiger partial charge is 0.302 e. The average Bonchev–Trinajstić information content (AvgIpc) is 3.13. The number of hydrogen-bond donors (Lipinski definition) is 0. The second kappa shape index (κ2) is 6.38. The summed E-state index contributed by atoms with van der Waals surface area (Å²) in [6.07, 6.45) is 2.96. The van der Waals surface area contributed by atoms with Crippen molar-refractivity contribution < 1.29 is 4.39 Å². The Bertz CT molecular complexity index is 907. The van der Waals surface area contributed by atoms with Gasteiger partial charge in [-0.3, -0.25) is 0 Å². The van der Waals surface area contributed by atoms with Crippen LogP contribution in [-0.4, -0.2) is 14.8 Å². The maximum atomic E-state index is 13.8. The van der Waals surface area contributed by atoms with Crippen molar-refractivity contribution in [2.45, 2.75) is 35.4 Å². The molecule has 0 radical (unpaired) electrons. The van der Waals surface area contributed by atoms with E-state index in [1.165, 1.54) is 22.7 Å². The third-order valence-electron chi connectivity index (χ3n) is 3.85. The lowest BCUT2D eigenvalue weighted by Crippen LogP contribution is -2.03. The predicted octanol–water partition coefficient (Wildman–Crippen LogP) is 4.43. The average molecular weight is 356 g/mol. The molecule has 2 aromatic heterocycles. The van der Waals surface area contributed by atoms with Gasteiger partial charge in [0, 0.05) is 22.2 Å². The number of aromatic nitrogens is 3. The van der Waals surface area contributed by atoms with Crippen LogP contribution >= 0.6 is 23.1 Å². The van der Waals surface area contributed by atoms with Crippen molar-refractivity contribution >= 4 is 23.1 Å². The standard InChI is InChI=1S/C17H13FN4S2/c18-14-4-1-5-15(13(14)10-19)24-17-21-20-16(22(17)11-6-7-11)9-12-3-2-8-23-12/h1-5,8,11H,6-7,9H2. The van der Waals surface area contributed by atoms with E-state index in [-0.39, 0.29) is 5.56 Å². The summed E-state index contributed by atoms with van der Waals surface area (Å²) in [5.74, 6) is 0.427. The van der Waals surface area contributed by atoms with Crippen molar-refractivity contribution in [2.24, 2.45) is 0 Å². The van der Waals surface area contributed by atoms with Crippen LogP contribution in [0, 0.1) is 17.1 Å². The summed E-state index contributed by atoms with van der Waals surface area (Å²) in [4.78, 5) is 1.82. The number of hydrogen-bond acceptors (Lipinski definition) is 5. The normalized spacial score (nSPS) is 13.8. The van der Waals surface area contributed by atoms with E-state index < -0.39 is 5.82 Å². The molecule has 0 N–H and O–H groups in total. The van der Waals surface area contributed by atoms with E-state index in [2.05, 4.69) is 26.2 Å². The predicted molar refractivity (Wildman–Crippen MR) is 90.7 cm³/mol. The van der Waals surface area contributed by atoms with Gasteiger partial charge in [-0.1, -0.05) is 12.1 Å². The van der Waals surface area contributed by atoms with Crippen LogP contribution in [0.25, 0.3) is 0 Å². The molecule has 0 amide bonds. The third kappa shape index (κ3) is 2.95. The number of nitrogens with zero attached hydrogens (tertiary/aromatic N) is 4. The second-order valence-electron chi connectivity index (χ2n) is 5.58. The minimum absolute atomic E-state index is 0.0626. The molecule has 0 saturated heterocycles. The lowest BCUT2D eigenvalue weighted by molar-refractivity contribution is 0.619. The van der Waals surface area contributed by atoms with E-state index in [0.29, 0.717) is 10.9 Å². The summed E-state index contributed by atoms with van der Waals surface area (Å²) in [7, 11) is 0. The van der Waals surface area contributed by atoms with Crippen molar-refractivity contribution in [1.29, 1.82) is 5.26 Å². The van der Waals surface area contributed by atoms with E-state index in [1.807, 2.05) is 12.1 Å². The zero-order valence-electron chi connectivity index (χ0n) is 12.6. The van der Waals surface area contributed by atoms with Crippen molar-refractivity contribution in [3.63, 3.8) is 0 Å². The molecule has 0 unspecified atom stereocenters. The molecule has 2 heterocycles. The molecule has 1 aliphatic rings. The molecule has 0 atom stereocenters. The Morgan fingerprint density at radius 2 is 2.17 bits per heavy atom. The van der Waals surface area contributed by atoms with Crippen molar-refractivity contribution in [3.05, 3.63) is 57.8 Å². The topological polar surface area (TPSA) is 54.5 Å². The van der Waals surface area contributed by atoms with E-state index in [1.54, 1.807) is 23.5 Å². The van der Waals surface area contributed by atoms with Gasteiger partial charge in [0.05, 0.1) is 0 Å². The van der Waals surface area contributed by atoms with Crippen LogP contribution in [0.4, 0.5) is 4.39 Å². The highest BCUT2D eigenvalue weighted by molar-refractivity contribution is 7.99. The van der Waals surface area contributed by atoms with Crippen LogP contribution < -0.4 is 0 Å². The summed E-state index contributed by atoms with van der Waals surface area (Å²) in [6, 6.07) is 11.1. The third-order valence-corrected chi connectivity index (χ3v) is 5.75. The maximum absolute atomic E-state index is 13.8. The van der Waals surface area contributed by atoms with Crippen LogP contribution in [0.2, 0.25) is 0 Å². The highest BCUT2D eigenvalue weighted by Gasteiger charge is 2.30. The smallest absolute Gasteiger partial charge is 0.196 e. The van der Waals surface area contributed by atoms with Gasteiger partial charge >= 0.3 is 0 Å². The van der Waals surface area contributed by atoms with Gasteiger partial charge in [-0.15, -0.1) is 21.5 Å². The lowest BCUT2D eigenvalue weighted by Gasteiger charge is -2.09. The Balaban J connectivity index is 1.68. The number of nitriles is 1. The molecule has 1 aliphatic carbocycles. The Labute approximate surface area is 147 Å². The van der Waals surface area contributed by atoms with Crippen LogP contribution in [0.3, 0.4) is 0 Å². The van der Waals surface area contributed by atoms with Gasteiger partial charge in [-0.25, -0.2) is 4.39 Å². The summed E-state index contributed by atoms with van der Waals surface area (Å²) >= 11 is 3.01. The first-order chi connectivity index (χ1) is 11.8. The molecular formula is C17H13FN4S2. The molecule has 1 fully saturated rings. The zero-order chi connectivity index (χ0) is 16.5. The molecule has 1 aromatic carbocycles. The van der Waals surface area contributed by atoms with Crippen LogP contribution in [0.5, 0.6) is 0 Å². The van der Waals surface area contributed by atoms with Crippen LogP contribution in [-0.2, 0) is 6.42 Å². The molecule has 0 aliphatic heterocycles. The number of halogens is 1. The van der Waals surface area contributed by atoms with Crippen LogP contribution in [0.15, 0.2) is 45.8 Å². The minimum atomic E-state index is -0.501. The van der Waals surface area contributed by atoms with Gasteiger partial charge in [0.15, 0.2) is 5.16 Å². The highest BCUT2D eigenvalue weighted by Crippen LogP contribution is 2.41. The van der Waals surface area contributed by atoms with Gasteiger partial charge in [-0.2, -0.15) is 5.26 Å². The molecule has 4 nitrogen and oxygen atoms in total. The first-order valence-electron chi connectivity index (χ1n) is 7.59. The number of rotatable bonds is 5. The Kier molecular flexibility index (Phi) is 4.08. The molecule has 1 saturated carbocycles. The molecule has 7 heteroatoms. The minimum Gasteiger partial charge on any atom is -0.302 e. The van der Waals surface area contributed by atoms with Crippen molar-refractivity contribution in [1.82, 2.24) is 14.8 Å². The molecule has 3 aromatic rings. The van der Waals surface area contributed by atoms with E-state index in [4.69, 9.17) is 0 Å². The molecule has 24 heavy (non-hydrogen) atoms. The molecular weight excluding hydrogens is 343 g/mol. The number of benzene rings is 1. The molecule has 0 bridgehead atoms. The fraction of sp³-hybridized carbons (Fsp3) is 0.235. The first-order valence-corrected chi connectivity index (χ1v) is 9.28. The highest BCUT2D eigenvalue weighted by atomic mass is 32.2. The Morgan fingerprint density at radius 3 is 2.88 bits per heavy atom. The fourth-order valence-corrected chi connectivity index (χ4v) is 4.29. The fourth-order valence-electron chi connectivity index (χ4n) is 2.56.